The molecule has 3 heteroatoms. The molecule has 70 valence electrons. The van der Waals surface area contributed by atoms with Crippen molar-refractivity contribution in [1.82, 2.24) is 5.32 Å². The molecule has 1 heterocycles. The third-order valence-corrected chi connectivity index (χ3v) is 3.23. The Labute approximate surface area is 92.2 Å². The van der Waals surface area contributed by atoms with Gasteiger partial charge in [-0.3, -0.25) is 0 Å². The lowest BCUT2D eigenvalue weighted by atomic mass is 10.2. The molecule has 1 aromatic rings. The van der Waals surface area contributed by atoms with E-state index in [9.17, 15) is 0 Å². The number of nitrogens with one attached hydrogen (secondary N) is 2. The Morgan fingerprint density at radius 1 is 1.38 bits per heavy atom. The first-order chi connectivity index (χ1) is 6.36. The summed E-state index contributed by atoms with van der Waals surface area (Å²) in [5.41, 5.74) is 1.26. The van der Waals surface area contributed by atoms with Gasteiger partial charge in [0, 0.05) is 21.8 Å². The van der Waals surface area contributed by atoms with Gasteiger partial charge >= 0.3 is 0 Å². The van der Waals surface area contributed by atoms with Crippen LogP contribution in [0.2, 0.25) is 0 Å². The second kappa shape index (κ2) is 4.28. The van der Waals surface area contributed by atoms with Crippen LogP contribution in [0.4, 0.5) is 5.69 Å². The fourth-order valence-corrected chi connectivity index (χ4v) is 2.12. The monoisotopic (exact) mass is 288 g/mol. The highest BCUT2D eigenvalue weighted by Crippen LogP contribution is 2.18. The lowest BCUT2D eigenvalue weighted by Crippen LogP contribution is -2.22. The van der Waals surface area contributed by atoms with Crippen LogP contribution in [0.15, 0.2) is 24.3 Å². The van der Waals surface area contributed by atoms with Crippen LogP contribution in [0.25, 0.3) is 0 Å². The van der Waals surface area contributed by atoms with Crippen molar-refractivity contribution in [2.75, 3.05) is 18.4 Å². The summed E-state index contributed by atoms with van der Waals surface area (Å²) in [5.74, 6) is 0. The smallest absolute Gasteiger partial charge is 0.0478 e. The molecule has 1 atom stereocenters. The first-order valence-corrected chi connectivity index (χ1v) is 5.66. The standard InChI is InChI=1S/C10H13IN2/c11-9-3-1-2-4-10(9)13-8-5-6-12-7-8/h1-4,8,12-13H,5-7H2. The summed E-state index contributed by atoms with van der Waals surface area (Å²) in [6.45, 7) is 2.23. The maximum Gasteiger partial charge on any atom is 0.0478 e. The van der Waals surface area contributed by atoms with E-state index in [1.165, 1.54) is 15.7 Å². The lowest BCUT2D eigenvalue weighted by molar-refractivity contribution is 0.792. The van der Waals surface area contributed by atoms with Crippen molar-refractivity contribution in [3.8, 4) is 0 Å². The van der Waals surface area contributed by atoms with Gasteiger partial charge in [0.1, 0.15) is 0 Å². The molecule has 1 aromatic carbocycles. The second-order valence-electron chi connectivity index (χ2n) is 3.31. The zero-order valence-electron chi connectivity index (χ0n) is 7.39. The second-order valence-corrected chi connectivity index (χ2v) is 4.48. The van der Waals surface area contributed by atoms with Crippen LogP contribution in [-0.2, 0) is 0 Å². The van der Waals surface area contributed by atoms with Gasteiger partial charge in [0.15, 0.2) is 0 Å². The highest BCUT2D eigenvalue weighted by molar-refractivity contribution is 14.1. The van der Waals surface area contributed by atoms with Gasteiger partial charge < -0.3 is 10.6 Å². The van der Waals surface area contributed by atoms with Crippen LogP contribution in [-0.4, -0.2) is 19.1 Å². The first-order valence-electron chi connectivity index (χ1n) is 4.58. The summed E-state index contributed by atoms with van der Waals surface area (Å²) in [7, 11) is 0. The van der Waals surface area contributed by atoms with E-state index in [-0.39, 0.29) is 0 Å². The SMILES string of the molecule is Ic1ccccc1NC1CCNC1. The number of rotatable bonds is 2. The topological polar surface area (TPSA) is 24.1 Å². The van der Waals surface area contributed by atoms with Crippen molar-refractivity contribution in [1.29, 1.82) is 0 Å². The van der Waals surface area contributed by atoms with E-state index >= 15 is 0 Å². The molecule has 0 amide bonds. The third-order valence-electron chi connectivity index (χ3n) is 2.29. The first kappa shape index (κ1) is 9.27. The lowest BCUT2D eigenvalue weighted by Gasteiger charge is -2.13. The minimum absolute atomic E-state index is 0.607. The Bertz CT molecular complexity index is 282. The van der Waals surface area contributed by atoms with Gasteiger partial charge in [-0.2, -0.15) is 0 Å². The van der Waals surface area contributed by atoms with E-state index in [1.54, 1.807) is 0 Å². The molecule has 1 saturated heterocycles. The Hall–Kier alpha value is -0.290. The van der Waals surface area contributed by atoms with Gasteiger partial charge in [0.25, 0.3) is 0 Å². The number of para-hydroxylation sites is 1. The van der Waals surface area contributed by atoms with Crippen LogP contribution in [0, 0.1) is 3.57 Å². The number of hydrogen-bond acceptors (Lipinski definition) is 2. The molecule has 2 rings (SSSR count). The van der Waals surface area contributed by atoms with Crippen molar-refractivity contribution < 1.29 is 0 Å². The fourth-order valence-electron chi connectivity index (χ4n) is 1.58. The number of benzene rings is 1. The van der Waals surface area contributed by atoms with E-state index < -0.39 is 0 Å². The molecular formula is C10H13IN2. The van der Waals surface area contributed by atoms with Gasteiger partial charge in [0.05, 0.1) is 0 Å². The molecular weight excluding hydrogens is 275 g/mol. The number of halogens is 1. The number of anilines is 1. The molecule has 1 fully saturated rings. The molecule has 2 nitrogen and oxygen atoms in total. The van der Waals surface area contributed by atoms with Crippen molar-refractivity contribution >= 4 is 28.3 Å². The molecule has 2 N–H and O–H groups in total. The molecule has 0 aliphatic carbocycles. The van der Waals surface area contributed by atoms with Crippen LogP contribution in [0.5, 0.6) is 0 Å². The Balaban J connectivity index is 2.04. The normalized spacial score (nSPS) is 21.8. The molecule has 0 saturated carbocycles. The molecule has 0 aromatic heterocycles. The molecule has 1 unspecified atom stereocenters. The van der Waals surface area contributed by atoms with Crippen molar-refractivity contribution in [2.24, 2.45) is 0 Å². The predicted molar refractivity (Wildman–Crippen MR) is 64.1 cm³/mol. The third kappa shape index (κ3) is 2.34. The Morgan fingerprint density at radius 2 is 2.23 bits per heavy atom. The summed E-state index contributed by atoms with van der Waals surface area (Å²) in [4.78, 5) is 0. The number of hydrogen-bond donors (Lipinski definition) is 2. The van der Waals surface area contributed by atoms with Gasteiger partial charge in [-0.1, -0.05) is 12.1 Å². The summed E-state index contributed by atoms with van der Waals surface area (Å²) >= 11 is 2.36. The highest BCUT2D eigenvalue weighted by atomic mass is 127. The predicted octanol–water partition coefficient (Wildman–Crippen LogP) is 2.06. The van der Waals surface area contributed by atoms with E-state index in [2.05, 4.69) is 57.5 Å². The average molecular weight is 288 g/mol. The van der Waals surface area contributed by atoms with E-state index in [1.807, 2.05) is 0 Å². The van der Waals surface area contributed by atoms with Crippen molar-refractivity contribution in [3.63, 3.8) is 0 Å². The largest absolute Gasteiger partial charge is 0.380 e. The zero-order valence-corrected chi connectivity index (χ0v) is 9.54. The molecule has 1 aliphatic heterocycles. The van der Waals surface area contributed by atoms with Gasteiger partial charge in [-0.25, -0.2) is 0 Å². The van der Waals surface area contributed by atoms with E-state index in [4.69, 9.17) is 0 Å². The molecule has 0 spiro atoms. The van der Waals surface area contributed by atoms with Gasteiger partial charge in [0.2, 0.25) is 0 Å². The van der Waals surface area contributed by atoms with Crippen LogP contribution in [0.1, 0.15) is 6.42 Å². The van der Waals surface area contributed by atoms with E-state index in [0.717, 1.165) is 13.1 Å². The molecule has 0 bridgehead atoms. The van der Waals surface area contributed by atoms with Crippen LogP contribution >= 0.6 is 22.6 Å². The zero-order chi connectivity index (χ0) is 9.10. The maximum absolute atomic E-state index is 3.54. The molecule has 0 radical (unpaired) electrons. The van der Waals surface area contributed by atoms with Crippen molar-refractivity contribution in [3.05, 3.63) is 27.8 Å². The summed E-state index contributed by atoms with van der Waals surface area (Å²) in [6, 6.07) is 9.02. The minimum Gasteiger partial charge on any atom is -0.380 e. The fraction of sp³-hybridized carbons (Fsp3) is 0.400. The Morgan fingerprint density at radius 3 is 2.92 bits per heavy atom. The minimum atomic E-state index is 0.607. The Kier molecular flexibility index (Phi) is 3.05. The van der Waals surface area contributed by atoms with Gasteiger partial charge in [-0.15, -0.1) is 0 Å². The van der Waals surface area contributed by atoms with Gasteiger partial charge in [-0.05, 0) is 47.7 Å². The average Bonchev–Trinajstić information content (AvgIpc) is 2.61. The highest BCUT2D eigenvalue weighted by Gasteiger charge is 2.14. The van der Waals surface area contributed by atoms with Crippen molar-refractivity contribution in [2.45, 2.75) is 12.5 Å². The molecule has 1 aliphatic rings. The van der Waals surface area contributed by atoms with Crippen LogP contribution < -0.4 is 10.6 Å². The van der Waals surface area contributed by atoms with E-state index in [0.29, 0.717) is 6.04 Å². The summed E-state index contributed by atoms with van der Waals surface area (Å²) in [5, 5.41) is 6.89. The van der Waals surface area contributed by atoms with Crippen LogP contribution in [0.3, 0.4) is 0 Å². The quantitative estimate of drug-likeness (QED) is 0.814. The summed E-state index contributed by atoms with van der Waals surface area (Å²) in [6.07, 6.45) is 1.23. The maximum atomic E-state index is 3.54. The summed E-state index contributed by atoms with van der Waals surface area (Å²) < 4.78 is 1.30. The molecule has 13 heavy (non-hydrogen) atoms.